The van der Waals surface area contributed by atoms with Gasteiger partial charge in [0.05, 0.1) is 6.42 Å². The molecule has 0 bridgehead atoms. The highest BCUT2D eigenvalue weighted by Crippen LogP contribution is 1.98. The number of carbonyl (C=O) groups is 2. The lowest BCUT2D eigenvalue weighted by atomic mass is 10.3. The lowest BCUT2D eigenvalue weighted by Gasteiger charge is -1.80. The normalized spacial score (nSPS) is 16.0. The molecule has 9 heavy (non-hydrogen) atoms. The van der Waals surface area contributed by atoms with Gasteiger partial charge in [-0.3, -0.25) is 4.79 Å². The molecule has 1 rings (SSSR count). The number of nitrogens with zero attached hydrogens (tertiary/aromatic N) is 3. The van der Waals surface area contributed by atoms with Gasteiger partial charge < -0.3 is 4.79 Å². The minimum Gasteiger partial charge on any atom is -0.303 e. The number of rotatable bonds is 2. The second kappa shape index (κ2) is 2.25. The predicted octanol–water partition coefficient (Wildman–Crippen LogP) is -0.0762. The van der Waals surface area contributed by atoms with Crippen LogP contribution in [-0.4, -0.2) is 17.9 Å². The van der Waals surface area contributed by atoms with Crippen LogP contribution < -0.4 is 0 Å². The maximum Gasteiger partial charge on any atom is 0.313 e. The first kappa shape index (κ1) is 5.74. The van der Waals surface area contributed by atoms with Gasteiger partial charge in [0, 0.05) is 0 Å². The van der Waals surface area contributed by atoms with E-state index in [0.717, 1.165) is 0 Å². The van der Waals surface area contributed by atoms with Gasteiger partial charge in [0.1, 0.15) is 12.0 Å². The zero-order valence-electron chi connectivity index (χ0n) is 4.44. The highest BCUT2D eigenvalue weighted by molar-refractivity contribution is 6.41. The molecule has 0 atom stereocenters. The molecular weight excluding hydrogens is 122 g/mol. The van der Waals surface area contributed by atoms with E-state index in [2.05, 4.69) is 15.4 Å². The van der Waals surface area contributed by atoms with Gasteiger partial charge in [0.15, 0.2) is 0 Å². The molecular formula is C4H3N3O2. The van der Waals surface area contributed by atoms with Crippen molar-refractivity contribution in [2.24, 2.45) is 15.4 Å². The van der Waals surface area contributed by atoms with Crippen LogP contribution in [0, 0.1) is 0 Å². The first-order valence-electron chi connectivity index (χ1n) is 2.30. The van der Waals surface area contributed by atoms with E-state index in [4.69, 9.17) is 0 Å². The van der Waals surface area contributed by atoms with Gasteiger partial charge in [0.2, 0.25) is 0 Å². The van der Waals surface area contributed by atoms with E-state index in [1.807, 2.05) is 0 Å². The van der Waals surface area contributed by atoms with E-state index >= 15 is 0 Å². The minimum absolute atomic E-state index is 0.00579. The molecule has 0 aromatic heterocycles. The van der Waals surface area contributed by atoms with E-state index in [0.29, 0.717) is 6.29 Å². The van der Waals surface area contributed by atoms with Crippen molar-refractivity contribution in [1.29, 1.82) is 0 Å². The summed E-state index contributed by atoms with van der Waals surface area (Å²) < 4.78 is 0. The van der Waals surface area contributed by atoms with Crippen LogP contribution in [0.1, 0.15) is 6.42 Å². The van der Waals surface area contributed by atoms with Gasteiger partial charge in [-0.2, -0.15) is 0 Å². The fourth-order valence-electron chi connectivity index (χ4n) is 0.425. The monoisotopic (exact) mass is 125 g/mol. The van der Waals surface area contributed by atoms with Gasteiger partial charge >= 0.3 is 5.91 Å². The van der Waals surface area contributed by atoms with E-state index in [9.17, 15) is 9.59 Å². The Morgan fingerprint density at radius 2 is 2.33 bits per heavy atom. The highest BCUT2D eigenvalue weighted by atomic mass is 16.2. The molecule has 1 aliphatic rings. The van der Waals surface area contributed by atoms with E-state index < -0.39 is 5.91 Å². The average molecular weight is 125 g/mol. The second-order valence-electron chi connectivity index (χ2n) is 1.41. The summed E-state index contributed by atoms with van der Waals surface area (Å²) in [6, 6.07) is 0. The van der Waals surface area contributed by atoms with E-state index in [1.165, 1.54) is 0 Å². The Labute approximate surface area is 50.5 Å². The third-order valence-corrected chi connectivity index (χ3v) is 0.825. The molecule has 0 saturated carbocycles. The molecule has 0 radical (unpaired) electrons. The number of carbonyl (C=O) groups excluding carboxylic acids is 2. The summed E-state index contributed by atoms with van der Waals surface area (Å²) in [4.78, 5) is 20.2. The Morgan fingerprint density at radius 1 is 1.56 bits per heavy atom. The Kier molecular flexibility index (Phi) is 1.44. The summed E-state index contributed by atoms with van der Waals surface area (Å²) in [6.07, 6.45) is 0.596. The molecule has 0 N–H and O–H groups in total. The smallest absolute Gasteiger partial charge is 0.303 e. The molecule has 0 fully saturated rings. The number of hydrogen-bond acceptors (Lipinski definition) is 4. The largest absolute Gasteiger partial charge is 0.313 e. The first-order chi connectivity index (χ1) is 4.34. The van der Waals surface area contributed by atoms with Gasteiger partial charge in [-0.1, -0.05) is 5.11 Å². The zero-order valence-corrected chi connectivity index (χ0v) is 4.44. The maximum absolute atomic E-state index is 10.4. The summed E-state index contributed by atoms with van der Waals surface area (Å²) >= 11 is 0. The van der Waals surface area contributed by atoms with E-state index in [-0.39, 0.29) is 12.1 Å². The van der Waals surface area contributed by atoms with Gasteiger partial charge in [-0.15, -0.1) is 5.10 Å². The molecule has 5 heteroatoms. The summed E-state index contributed by atoms with van der Waals surface area (Å²) in [5, 5.41) is 9.43. The molecule has 0 aliphatic carbocycles. The van der Waals surface area contributed by atoms with Gasteiger partial charge in [0.25, 0.3) is 0 Å². The first-order valence-corrected chi connectivity index (χ1v) is 2.30. The quantitative estimate of drug-likeness (QED) is 0.484. The minimum atomic E-state index is -0.512. The number of amides is 1. The fourth-order valence-corrected chi connectivity index (χ4v) is 0.425. The number of aldehydes is 1. The van der Waals surface area contributed by atoms with Crippen LogP contribution in [-0.2, 0) is 9.59 Å². The molecule has 5 nitrogen and oxygen atoms in total. The zero-order chi connectivity index (χ0) is 6.69. The second-order valence-corrected chi connectivity index (χ2v) is 1.41. The third kappa shape index (κ3) is 1.04. The Balaban J connectivity index is 2.64. The molecule has 1 amide bonds. The van der Waals surface area contributed by atoms with Crippen LogP contribution in [0.25, 0.3) is 0 Å². The van der Waals surface area contributed by atoms with Gasteiger partial charge in [-0.25, -0.2) is 0 Å². The number of hydrogen-bond donors (Lipinski definition) is 0. The van der Waals surface area contributed by atoms with Crippen LogP contribution in [0.15, 0.2) is 15.4 Å². The summed E-state index contributed by atoms with van der Waals surface area (Å²) in [5.41, 5.74) is 0.116. The summed E-state index contributed by atoms with van der Waals surface area (Å²) in [6.45, 7) is 0. The van der Waals surface area contributed by atoms with Crippen LogP contribution in [0.3, 0.4) is 0 Å². The molecule has 46 valence electrons. The van der Waals surface area contributed by atoms with Crippen LogP contribution in [0.4, 0.5) is 0 Å². The molecule has 1 aliphatic heterocycles. The van der Waals surface area contributed by atoms with Gasteiger partial charge in [-0.05, 0) is 5.22 Å². The summed E-state index contributed by atoms with van der Waals surface area (Å²) in [7, 11) is 0. The van der Waals surface area contributed by atoms with Crippen LogP contribution >= 0.6 is 0 Å². The van der Waals surface area contributed by atoms with Crippen molar-refractivity contribution < 1.29 is 9.59 Å². The highest BCUT2D eigenvalue weighted by Gasteiger charge is 2.13. The van der Waals surface area contributed by atoms with Crippen molar-refractivity contribution in [3.63, 3.8) is 0 Å². The molecule has 0 unspecified atom stereocenters. The maximum atomic E-state index is 10.4. The molecule has 0 saturated heterocycles. The van der Waals surface area contributed by atoms with Crippen molar-refractivity contribution in [2.75, 3.05) is 0 Å². The molecule has 0 aromatic rings. The topological polar surface area (TPSA) is 71.2 Å². The van der Waals surface area contributed by atoms with Crippen molar-refractivity contribution in [3.05, 3.63) is 0 Å². The van der Waals surface area contributed by atoms with Crippen molar-refractivity contribution in [3.8, 4) is 0 Å². The lowest BCUT2D eigenvalue weighted by molar-refractivity contribution is -0.113. The SMILES string of the molecule is O=CCC1=NN=NC1=O. The molecule has 0 spiro atoms. The molecule has 1 heterocycles. The Morgan fingerprint density at radius 3 is 2.78 bits per heavy atom. The van der Waals surface area contributed by atoms with E-state index in [1.54, 1.807) is 0 Å². The molecule has 0 aromatic carbocycles. The fraction of sp³-hybridized carbons (Fsp3) is 0.250. The Bertz CT molecular complexity index is 206. The summed E-state index contributed by atoms with van der Waals surface area (Å²) in [5.74, 6) is -0.512. The predicted molar refractivity (Wildman–Crippen MR) is 28.0 cm³/mol. The van der Waals surface area contributed by atoms with Crippen LogP contribution in [0.5, 0.6) is 0 Å². The average Bonchev–Trinajstić information content (AvgIpc) is 2.18. The Hall–Kier alpha value is -1.39. The lowest BCUT2D eigenvalue weighted by Crippen LogP contribution is -2.07. The van der Waals surface area contributed by atoms with Crippen molar-refractivity contribution >= 4 is 17.9 Å². The third-order valence-electron chi connectivity index (χ3n) is 0.825. The van der Waals surface area contributed by atoms with Crippen molar-refractivity contribution in [2.45, 2.75) is 6.42 Å². The van der Waals surface area contributed by atoms with Crippen LogP contribution in [0.2, 0.25) is 0 Å². The van der Waals surface area contributed by atoms with Crippen molar-refractivity contribution in [1.82, 2.24) is 0 Å². The standard InChI is InChI=1S/C4H3N3O2/c8-2-1-3-4(9)6-7-5-3/h2H,1H2.